The maximum Gasteiger partial charge on any atom is 0.182 e. The predicted octanol–water partition coefficient (Wildman–Crippen LogP) is 4.54. The monoisotopic (exact) mass is 357 g/mol. The minimum absolute atomic E-state index is 0.667. The fraction of sp³-hybridized carbons (Fsp3) is 0.222. The second-order valence-electron chi connectivity index (χ2n) is 5.03. The van der Waals surface area contributed by atoms with Gasteiger partial charge in [-0.1, -0.05) is 23.9 Å². The zero-order valence-electron chi connectivity index (χ0n) is 13.7. The van der Waals surface area contributed by atoms with E-state index in [1.807, 2.05) is 31.2 Å². The number of ether oxygens (including phenoxy) is 1. The Morgan fingerprint density at radius 1 is 1.17 bits per heavy atom. The summed E-state index contributed by atoms with van der Waals surface area (Å²) in [6.07, 6.45) is 2.08. The lowest BCUT2D eigenvalue weighted by molar-refractivity contribution is 0.340. The first-order valence-electron chi connectivity index (χ1n) is 7.70. The molecule has 0 atom stereocenters. The molecule has 0 radical (unpaired) electrons. The van der Waals surface area contributed by atoms with Gasteiger partial charge in [-0.2, -0.15) is 5.10 Å². The molecule has 2 aromatic carbocycles. The minimum atomic E-state index is 0.667. The molecule has 24 heavy (non-hydrogen) atoms. The fourth-order valence-corrected chi connectivity index (χ4v) is 3.40. The zero-order chi connectivity index (χ0) is 16.8. The molecule has 4 nitrogen and oxygen atoms in total. The topological polar surface area (TPSA) is 46.0 Å². The summed E-state index contributed by atoms with van der Waals surface area (Å²) in [6.45, 7) is 2.64. The van der Waals surface area contributed by atoms with E-state index in [1.165, 1.54) is 4.90 Å². The van der Waals surface area contributed by atoms with E-state index in [4.69, 9.17) is 4.74 Å². The highest BCUT2D eigenvalue weighted by Gasteiger charge is 2.13. The average Bonchev–Trinajstić information content (AvgIpc) is 2.64. The first-order chi connectivity index (χ1) is 11.8. The second-order valence-corrected chi connectivity index (χ2v) is 6.88. The van der Waals surface area contributed by atoms with Gasteiger partial charge in [0.2, 0.25) is 0 Å². The molecule has 1 aliphatic rings. The van der Waals surface area contributed by atoms with E-state index in [1.54, 1.807) is 23.5 Å². The molecule has 0 amide bonds. The third-order valence-electron chi connectivity index (χ3n) is 3.43. The standard InChI is InChI=1S/C18H19N3OS2/c1-3-22-15-8-6-14(7-9-15)19-18-21-20-17(12-24-18)13-4-10-16(23-2)11-5-13/h4-11H,3,12H2,1-2H3,(H,19,21). The highest BCUT2D eigenvalue weighted by Crippen LogP contribution is 2.22. The number of nitrogens with one attached hydrogen (secondary N) is 1. The first kappa shape index (κ1) is 16.9. The zero-order valence-corrected chi connectivity index (χ0v) is 15.3. The molecule has 2 aromatic rings. The molecular formula is C18H19N3OS2. The van der Waals surface area contributed by atoms with Crippen LogP contribution in [0.15, 0.2) is 63.5 Å². The minimum Gasteiger partial charge on any atom is -0.494 e. The quantitative estimate of drug-likeness (QED) is 0.798. The van der Waals surface area contributed by atoms with Crippen molar-refractivity contribution in [1.29, 1.82) is 0 Å². The van der Waals surface area contributed by atoms with Crippen molar-refractivity contribution in [1.82, 2.24) is 5.43 Å². The Kier molecular flexibility index (Phi) is 5.82. The number of hydrogen-bond acceptors (Lipinski definition) is 5. The maximum atomic E-state index is 5.44. The number of thioether (sulfide) groups is 2. The molecule has 0 unspecified atom stereocenters. The Morgan fingerprint density at radius 3 is 2.50 bits per heavy atom. The van der Waals surface area contributed by atoms with Crippen LogP contribution in [0.1, 0.15) is 12.5 Å². The molecule has 0 fully saturated rings. The highest BCUT2D eigenvalue weighted by atomic mass is 32.2. The molecular weight excluding hydrogens is 338 g/mol. The average molecular weight is 358 g/mol. The van der Waals surface area contributed by atoms with Gasteiger partial charge >= 0.3 is 0 Å². The van der Waals surface area contributed by atoms with Gasteiger partial charge in [-0.15, -0.1) is 11.8 Å². The smallest absolute Gasteiger partial charge is 0.182 e. The number of benzene rings is 2. The Labute approximate surface area is 150 Å². The van der Waals surface area contributed by atoms with Crippen LogP contribution in [0.3, 0.4) is 0 Å². The molecule has 0 saturated heterocycles. The summed E-state index contributed by atoms with van der Waals surface area (Å²) in [5, 5.41) is 5.27. The number of rotatable bonds is 5. The summed E-state index contributed by atoms with van der Waals surface area (Å²) >= 11 is 3.40. The van der Waals surface area contributed by atoms with Crippen LogP contribution < -0.4 is 10.2 Å². The van der Waals surface area contributed by atoms with Crippen molar-refractivity contribution >= 4 is 40.1 Å². The van der Waals surface area contributed by atoms with Gasteiger partial charge in [-0.05, 0) is 55.1 Å². The fourth-order valence-electron chi connectivity index (χ4n) is 2.21. The van der Waals surface area contributed by atoms with Crippen molar-refractivity contribution < 1.29 is 4.74 Å². The van der Waals surface area contributed by atoms with E-state index in [9.17, 15) is 0 Å². The van der Waals surface area contributed by atoms with Gasteiger partial charge in [0, 0.05) is 10.6 Å². The normalized spacial score (nSPS) is 15.8. The van der Waals surface area contributed by atoms with Crippen LogP contribution in [0.5, 0.6) is 5.75 Å². The van der Waals surface area contributed by atoms with Gasteiger partial charge in [-0.3, -0.25) is 5.43 Å². The number of hydrogen-bond donors (Lipinski definition) is 1. The molecule has 0 spiro atoms. The summed E-state index contributed by atoms with van der Waals surface area (Å²) in [5.74, 6) is 1.67. The Morgan fingerprint density at radius 2 is 1.92 bits per heavy atom. The SMILES string of the molecule is CCOc1ccc(N=C2NN=C(c3ccc(SC)cc3)CS2)cc1. The lowest BCUT2D eigenvalue weighted by Crippen LogP contribution is -2.25. The second kappa shape index (κ2) is 8.26. The summed E-state index contributed by atoms with van der Waals surface area (Å²) in [4.78, 5) is 5.84. The number of nitrogens with zero attached hydrogens (tertiary/aromatic N) is 2. The number of amidine groups is 1. The van der Waals surface area contributed by atoms with Crippen LogP contribution in [0.2, 0.25) is 0 Å². The van der Waals surface area contributed by atoms with E-state index >= 15 is 0 Å². The molecule has 3 rings (SSSR count). The summed E-state index contributed by atoms with van der Waals surface area (Å²) in [6, 6.07) is 16.2. The molecule has 1 aliphatic heterocycles. The molecule has 0 saturated carbocycles. The molecule has 1 heterocycles. The summed E-state index contributed by atoms with van der Waals surface area (Å²) in [7, 11) is 0. The van der Waals surface area contributed by atoms with Gasteiger partial charge in [-0.25, -0.2) is 4.99 Å². The Bertz CT molecular complexity index is 740. The van der Waals surface area contributed by atoms with E-state index in [-0.39, 0.29) is 0 Å². The van der Waals surface area contributed by atoms with Crippen molar-refractivity contribution in [2.75, 3.05) is 18.6 Å². The van der Waals surface area contributed by atoms with Gasteiger partial charge in [0.05, 0.1) is 18.0 Å². The number of aliphatic imine (C=N–C) groups is 1. The Hall–Kier alpha value is -1.92. The summed E-state index contributed by atoms with van der Waals surface area (Å²) in [5.41, 5.74) is 6.12. The highest BCUT2D eigenvalue weighted by molar-refractivity contribution is 8.14. The third-order valence-corrected chi connectivity index (χ3v) is 5.05. The van der Waals surface area contributed by atoms with E-state index in [2.05, 4.69) is 46.0 Å². The van der Waals surface area contributed by atoms with Crippen LogP contribution in [-0.2, 0) is 0 Å². The van der Waals surface area contributed by atoms with Crippen molar-refractivity contribution in [3.63, 3.8) is 0 Å². The van der Waals surface area contributed by atoms with Crippen molar-refractivity contribution in [2.24, 2.45) is 10.1 Å². The predicted molar refractivity (Wildman–Crippen MR) is 105 cm³/mol. The maximum absolute atomic E-state index is 5.44. The Balaban J connectivity index is 1.67. The van der Waals surface area contributed by atoms with Crippen molar-refractivity contribution in [2.45, 2.75) is 11.8 Å². The lowest BCUT2D eigenvalue weighted by Gasteiger charge is -2.15. The van der Waals surface area contributed by atoms with E-state index in [0.717, 1.165) is 33.6 Å². The first-order valence-corrected chi connectivity index (χ1v) is 9.91. The molecule has 1 N–H and O–H groups in total. The summed E-state index contributed by atoms with van der Waals surface area (Å²) < 4.78 is 5.44. The van der Waals surface area contributed by atoms with Crippen LogP contribution in [0.4, 0.5) is 5.69 Å². The van der Waals surface area contributed by atoms with Crippen molar-refractivity contribution in [3.8, 4) is 5.75 Å². The van der Waals surface area contributed by atoms with Crippen LogP contribution in [0, 0.1) is 0 Å². The molecule has 6 heteroatoms. The van der Waals surface area contributed by atoms with Gasteiger partial charge in [0.1, 0.15) is 5.75 Å². The van der Waals surface area contributed by atoms with Crippen LogP contribution in [0.25, 0.3) is 0 Å². The van der Waals surface area contributed by atoms with E-state index in [0.29, 0.717) is 6.61 Å². The van der Waals surface area contributed by atoms with Crippen LogP contribution >= 0.6 is 23.5 Å². The molecule has 124 valence electrons. The number of hydrazone groups is 1. The third kappa shape index (κ3) is 4.33. The van der Waals surface area contributed by atoms with Crippen LogP contribution in [-0.4, -0.2) is 29.5 Å². The molecule has 0 aromatic heterocycles. The van der Waals surface area contributed by atoms with Crippen molar-refractivity contribution in [3.05, 3.63) is 54.1 Å². The van der Waals surface area contributed by atoms with Gasteiger partial charge in [0.25, 0.3) is 0 Å². The lowest BCUT2D eigenvalue weighted by atomic mass is 10.1. The molecule has 0 aliphatic carbocycles. The van der Waals surface area contributed by atoms with E-state index < -0.39 is 0 Å². The largest absolute Gasteiger partial charge is 0.494 e. The van der Waals surface area contributed by atoms with Gasteiger partial charge in [0.15, 0.2) is 5.17 Å². The molecule has 0 bridgehead atoms. The van der Waals surface area contributed by atoms with Gasteiger partial charge < -0.3 is 4.74 Å².